The first-order valence-electron chi connectivity index (χ1n) is 10.7. The Kier molecular flexibility index (Phi) is 7.99. The van der Waals surface area contributed by atoms with Crippen molar-refractivity contribution >= 4 is 29.9 Å². The number of aliphatic hydroxyl groups is 1. The second-order valence-corrected chi connectivity index (χ2v) is 8.05. The Bertz CT molecular complexity index is 865. The molecule has 0 radical (unpaired) electrons. The number of aliphatic imine (C=N–C) groups is 1. The van der Waals surface area contributed by atoms with Gasteiger partial charge < -0.3 is 20.5 Å². The van der Waals surface area contributed by atoms with Crippen LogP contribution in [0.4, 0.5) is 0 Å². The van der Waals surface area contributed by atoms with Crippen LogP contribution in [0, 0.1) is 0 Å². The van der Waals surface area contributed by atoms with E-state index in [1.54, 1.807) is 0 Å². The van der Waals surface area contributed by atoms with Crippen molar-refractivity contribution in [2.24, 2.45) is 4.99 Å². The van der Waals surface area contributed by atoms with Crippen molar-refractivity contribution in [3.8, 4) is 5.75 Å². The summed E-state index contributed by atoms with van der Waals surface area (Å²) in [4.78, 5) is 4.82. The lowest BCUT2D eigenvalue weighted by atomic mass is 9.86. The predicted octanol–water partition coefficient (Wildman–Crippen LogP) is 4.69. The maximum atomic E-state index is 9.58. The van der Waals surface area contributed by atoms with Crippen molar-refractivity contribution in [2.75, 3.05) is 6.54 Å². The van der Waals surface area contributed by atoms with Crippen LogP contribution in [0.5, 0.6) is 5.75 Å². The zero-order valence-corrected chi connectivity index (χ0v) is 19.9. The molecule has 0 bridgehead atoms. The van der Waals surface area contributed by atoms with Gasteiger partial charge >= 0.3 is 0 Å². The topological polar surface area (TPSA) is 65.9 Å². The normalized spacial score (nSPS) is 19.5. The van der Waals surface area contributed by atoms with E-state index in [0.29, 0.717) is 6.54 Å². The first-order chi connectivity index (χ1) is 14.2. The van der Waals surface area contributed by atoms with E-state index in [-0.39, 0.29) is 42.2 Å². The van der Waals surface area contributed by atoms with Crippen LogP contribution in [0.1, 0.15) is 61.8 Å². The van der Waals surface area contributed by atoms with Gasteiger partial charge in [-0.3, -0.25) is 0 Å². The third-order valence-corrected chi connectivity index (χ3v) is 6.06. The minimum Gasteiger partial charge on any atom is -0.487 e. The van der Waals surface area contributed by atoms with Crippen molar-refractivity contribution < 1.29 is 9.84 Å². The van der Waals surface area contributed by atoms with Crippen LogP contribution >= 0.6 is 24.0 Å². The molecule has 1 unspecified atom stereocenters. The Hall–Kier alpha value is -1.80. The number of nitrogens with zero attached hydrogens (tertiary/aromatic N) is 1. The molecule has 1 aliphatic heterocycles. The predicted molar refractivity (Wildman–Crippen MR) is 131 cm³/mol. The fraction of sp³-hybridized carbons (Fsp3) is 0.458. The summed E-state index contributed by atoms with van der Waals surface area (Å²) in [5.41, 5.74) is 3.12. The van der Waals surface area contributed by atoms with E-state index in [4.69, 9.17) is 9.73 Å². The number of nitrogens with one attached hydrogen (secondary N) is 2. The molecule has 2 aromatic rings. The summed E-state index contributed by atoms with van der Waals surface area (Å²) in [5.74, 6) is 1.80. The Labute approximate surface area is 196 Å². The lowest BCUT2D eigenvalue weighted by molar-refractivity contribution is 0.0396. The number of guanidine groups is 1. The number of halogens is 1. The van der Waals surface area contributed by atoms with Crippen molar-refractivity contribution in [3.05, 3.63) is 65.2 Å². The third-order valence-electron chi connectivity index (χ3n) is 6.06. The van der Waals surface area contributed by atoms with E-state index in [0.717, 1.165) is 48.6 Å². The Morgan fingerprint density at radius 3 is 2.53 bits per heavy atom. The zero-order chi connectivity index (χ0) is 20.1. The summed E-state index contributed by atoms with van der Waals surface area (Å²) in [5, 5.41) is 16.6. The van der Waals surface area contributed by atoms with Crippen molar-refractivity contribution in [2.45, 2.75) is 63.8 Å². The second kappa shape index (κ2) is 10.5. The summed E-state index contributed by atoms with van der Waals surface area (Å²) in [6, 6.07) is 16.4. The number of para-hydroxylation sites is 1. The molecule has 1 heterocycles. The van der Waals surface area contributed by atoms with Crippen molar-refractivity contribution in [1.29, 1.82) is 0 Å². The van der Waals surface area contributed by atoms with Gasteiger partial charge in [-0.2, -0.15) is 0 Å². The van der Waals surface area contributed by atoms with Crippen LogP contribution in [0.25, 0.3) is 0 Å². The van der Waals surface area contributed by atoms with Gasteiger partial charge in [0.25, 0.3) is 0 Å². The molecular formula is C24H32IN3O2. The smallest absolute Gasteiger partial charge is 0.192 e. The average molecular weight is 521 g/mol. The highest BCUT2D eigenvalue weighted by molar-refractivity contribution is 14.0. The molecule has 1 atom stereocenters. The first kappa shape index (κ1) is 22.9. The van der Waals surface area contributed by atoms with Crippen LogP contribution in [-0.2, 0) is 13.2 Å². The molecule has 1 aliphatic carbocycles. The molecule has 0 aromatic heterocycles. The number of ether oxygens (including phenoxy) is 1. The van der Waals surface area contributed by atoms with Crippen LogP contribution in [0.15, 0.2) is 53.5 Å². The fourth-order valence-electron chi connectivity index (χ4n) is 4.59. The van der Waals surface area contributed by atoms with E-state index in [2.05, 4.69) is 41.8 Å². The van der Waals surface area contributed by atoms with Gasteiger partial charge in [-0.05, 0) is 49.8 Å². The maximum absolute atomic E-state index is 9.58. The third kappa shape index (κ3) is 5.09. The fourth-order valence-corrected chi connectivity index (χ4v) is 4.59. The molecule has 162 valence electrons. The minimum absolute atomic E-state index is 0. The van der Waals surface area contributed by atoms with E-state index >= 15 is 0 Å². The Morgan fingerprint density at radius 2 is 1.80 bits per heavy atom. The molecule has 1 saturated carbocycles. The van der Waals surface area contributed by atoms with Gasteiger partial charge in [-0.1, -0.05) is 42.5 Å². The zero-order valence-electron chi connectivity index (χ0n) is 17.6. The van der Waals surface area contributed by atoms with Gasteiger partial charge in [0.1, 0.15) is 11.4 Å². The number of fused-ring (bicyclic) bond motifs is 1. The molecule has 3 N–H and O–H groups in total. The summed E-state index contributed by atoms with van der Waals surface area (Å²) < 4.78 is 6.48. The van der Waals surface area contributed by atoms with Gasteiger partial charge in [0, 0.05) is 18.5 Å². The number of benzene rings is 2. The van der Waals surface area contributed by atoms with Crippen LogP contribution < -0.4 is 15.4 Å². The average Bonchev–Trinajstić information content (AvgIpc) is 3.19. The van der Waals surface area contributed by atoms with Crippen LogP contribution in [0.2, 0.25) is 0 Å². The van der Waals surface area contributed by atoms with Crippen LogP contribution in [-0.4, -0.2) is 23.2 Å². The largest absolute Gasteiger partial charge is 0.487 e. The lowest BCUT2D eigenvalue weighted by Crippen LogP contribution is -2.46. The minimum atomic E-state index is -0.0488. The molecule has 30 heavy (non-hydrogen) atoms. The standard InChI is InChI=1S/C24H31N3O2.HI/c1-2-25-23(26-16-18-9-3-4-10-19(18)17-28)27-21-15-24(13-7-8-14-24)29-22-12-6-5-11-20(21)22;/h3-6,9-12,21,28H,2,7-8,13-17H2,1H3,(H2,25,26,27);1H. The highest BCUT2D eigenvalue weighted by atomic mass is 127. The molecule has 0 saturated heterocycles. The Morgan fingerprint density at radius 1 is 1.10 bits per heavy atom. The maximum Gasteiger partial charge on any atom is 0.192 e. The van der Waals surface area contributed by atoms with Gasteiger partial charge in [0.15, 0.2) is 5.96 Å². The molecule has 1 spiro atoms. The van der Waals surface area contributed by atoms with Gasteiger partial charge in [0.05, 0.1) is 19.2 Å². The number of aliphatic hydroxyl groups excluding tert-OH is 1. The Balaban J connectivity index is 0.00000256. The molecular weight excluding hydrogens is 489 g/mol. The number of rotatable bonds is 5. The van der Waals surface area contributed by atoms with E-state index in [1.165, 1.54) is 18.4 Å². The summed E-state index contributed by atoms with van der Waals surface area (Å²) in [7, 11) is 0. The van der Waals surface area contributed by atoms with E-state index in [1.807, 2.05) is 24.3 Å². The number of hydrogen-bond donors (Lipinski definition) is 3. The monoisotopic (exact) mass is 521 g/mol. The lowest BCUT2D eigenvalue weighted by Gasteiger charge is -2.40. The quantitative estimate of drug-likeness (QED) is 0.304. The molecule has 1 fully saturated rings. The summed E-state index contributed by atoms with van der Waals surface area (Å²) in [6.45, 7) is 3.44. The van der Waals surface area contributed by atoms with Crippen molar-refractivity contribution in [3.63, 3.8) is 0 Å². The highest BCUT2D eigenvalue weighted by Crippen LogP contribution is 2.46. The highest BCUT2D eigenvalue weighted by Gasteiger charge is 2.43. The van der Waals surface area contributed by atoms with Gasteiger partial charge in [0.2, 0.25) is 0 Å². The number of hydrogen-bond acceptors (Lipinski definition) is 3. The van der Waals surface area contributed by atoms with Crippen molar-refractivity contribution in [1.82, 2.24) is 10.6 Å². The van der Waals surface area contributed by atoms with Gasteiger partial charge in [-0.15, -0.1) is 24.0 Å². The molecule has 6 heteroatoms. The first-order valence-corrected chi connectivity index (χ1v) is 10.7. The van der Waals surface area contributed by atoms with Crippen LogP contribution in [0.3, 0.4) is 0 Å². The van der Waals surface area contributed by atoms with Gasteiger partial charge in [-0.25, -0.2) is 4.99 Å². The second-order valence-electron chi connectivity index (χ2n) is 8.05. The molecule has 4 rings (SSSR count). The molecule has 0 amide bonds. The van der Waals surface area contributed by atoms with E-state index < -0.39 is 0 Å². The molecule has 5 nitrogen and oxygen atoms in total. The SMILES string of the molecule is CCNC(=NCc1ccccc1CO)NC1CC2(CCCC2)Oc2ccccc21.I. The van der Waals surface area contributed by atoms with E-state index in [9.17, 15) is 5.11 Å². The summed E-state index contributed by atoms with van der Waals surface area (Å²) >= 11 is 0. The molecule has 2 aromatic carbocycles. The summed E-state index contributed by atoms with van der Waals surface area (Å²) in [6.07, 6.45) is 5.68. The molecule has 2 aliphatic rings.